The molecule has 2 aromatic rings. The first kappa shape index (κ1) is 15.9. The normalized spacial score (nSPS) is 23.0. The average Bonchev–Trinajstić information content (AvgIpc) is 2.56. The van der Waals surface area contributed by atoms with Crippen LogP contribution in [0.15, 0.2) is 59.1 Å². The van der Waals surface area contributed by atoms with Gasteiger partial charge in [-0.05, 0) is 41.5 Å². The molecular weight excluding hydrogens is 356 g/mol. The van der Waals surface area contributed by atoms with Crippen molar-refractivity contribution >= 4 is 27.7 Å². The van der Waals surface area contributed by atoms with Crippen LogP contribution in [0.2, 0.25) is 0 Å². The zero-order chi connectivity index (χ0) is 16.4. The molecule has 4 heteroatoms. The minimum atomic E-state index is -0.752. The van der Waals surface area contributed by atoms with Crippen molar-refractivity contribution in [1.82, 2.24) is 0 Å². The minimum Gasteiger partial charge on any atom is -0.463 e. The van der Waals surface area contributed by atoms with Crippen molar-refractivity contribution in [3.8, 4) is 0 Å². The fourth-order valence-corrected chi connectivity index (χ4v) is 3.61. The van der Waals surface area contributed by atoms with Crippen LogP contribution >= 0.6 is 15.9 Å². The van der Waals surface area contributed by atoms with Gasteiger partial charge in [0, 0.05) is 10.4 Å². The molecule has 0 saturated heterocycles. The number of hydrogen-bond donors (Lipinski definition) is 0. The molecule has 0 bridgehead atoms. The summed E-state index contributed by atoms with van der Waals surface area (Å²) in [4.78, 5) is 24.3. The molecule has 118 valence electrons. The molecule has 2 aromatic carbocycles. The lowest BCUT2D eigenvalue weighted by Gasteiger charge is -2.44. The largest absolute Gasteiger partial charge is 0.463 e. The molecule has 0 radical (unpaired) electrons. The van der Waals surface area contributed by atoms with Gasteiger partial charge in [0.2, 0.25) is 5.78 Å². The van der Waals surface area contributed by atoms with Crippen LogP contribution in [0, 0.1) is 5.92 Å². The highest BCUT2D eigenvalue weighted by Crippen LogP contribution is 2.53. The summed E-state index contributed by atoms with van der Waals surface area (Å²) in [5, 5.41) is 0. The van der Waals surface area contributed by atoms with Gasteiger partial charge in [-0.25, -0.2) is 4.79 Å². The molecule has 1 saturated carbocycles. The van der Waals surface area contributed by atoms with Crippen molar-refractivity contribution in [2.24, 2.45) is 5.92 Å². The second-order valence-electron chi connectivity index (χ2n) is 5.79. The Hall–Kier alpha value is -1.94. The first-order valence-electron chi connectivity index (χ1n) is 7.54. The maximum atomic E-state index is 12.5. The Labute approximate surface area is 143 Å². The highest BCUT2D eigenvalue weighted by atomic mass is 79.9. The Morgan fingerprint density at radius 3 is 2.09 bits per heavy atom. The van der Waals surface area contributed by atoms with Gasteiger partial charge in [-0.1, -0.05) is 58.4 Å². The fourth-order valence-electron chi connectivity index (χ4n) is 3.35. The molecule has 3 nitrogen and oxygen atoms in total. The van der Waals surface area contributed by atoms with Crippen LogP contribution in [-0.2, 0) is 14.3 Å². The van der Waals surface area contributed by atoms with Crippen LogP contribution in [0.3, 0.4) is 0 Å². The lowest BCUT2D eigenvalue weighted by atomic mass is 9.58. The van der Waals surface area contributed by atoms with Crippen molar-refractivity contribution in [2.75, 3.05) is 7.11 Å². The number of hydrogen-bond acceptors (Lipinski definition) is 3. The zero-order valence-electron chi connectivity index (χ0n) is 12.7. The third-order valence-corrected chi connectivity index (χ3v) is 5.12. The van der Waals surface area contributed by atoms with Gasteiger partial charge in [-0.3, -0.25) is 4.79 Å². The fraction of sp³-hybridized carbons (Fsp3) is 0.263. The summed E-state index contributed by atoms with van der Waals surface area (Å²) in [6.45, 7) is 0. The second-order valence-corrected chi connectivity index (χ2v) is 6.71. The third kappa shape index (κ3) is 3.08. The number of carbonyl (C=O) groups excluding carboxylic acids is 2. The lowest BCUT2D eigenvalue weighted by molar-refractivity contribution is -0.155. The van der Waals surface area contributed by atoms with Crippen LogP contribution < -0.4 is 0 Å². The number of benzene rings is 2. The van der Waals surface area contributed by atoms with Crippen LogP contribution in [0.5, 0.6) is 0 Å². The van der Waals surface area contributed by atoms with Crippen LogP contribution in [0.4, 0.5) is 0 Å². The predicted octanol–water partition coefficient (Wildman–Crippen LogP) is 4.08. The van der Waals surface area contributed by atoms with E-state index in [1.807, 2.05) is 54.6 Å². The van der Waals surface area contributed by atoms with Crippen molar-refractivity contribution in [2.45, 2.75) is 18.3 Å². The summed E-state index contributed by atoms with van der Waals surface area (Å²) in [7, 11) is 1.26. The van der Waals surface area contributed by atoms with E-state index in [-0.39, 0.29) is 17.8 Å². The summed E-state index contributed by atoms with van der Waals surface area (Å²) in [6, 6.07) is 17.8. The molecule has 1 aliphatic carbocycles. The SMILES string of the molecule is COC(=O)C(=O)[C@@H]1[C@@H](c2ccc(Br)cc2)C[C@H]1c1ccccc1. The number of methoxy groups -OCH3 is 1. The van der Waals surface area contributed by atoms with Gasteiger partial charge in [0.05, 0.1) is 7.11 Å². The molecule has 0 heterocycles. The molecule has 3 rings (SSSR count). The number of Topliss-reactive ketones (excluding diaryl/α,β-unsaturated/α-hetero) is 1. The Morgan fingerprint density at radius 1 is 0.957 bits per heavy atom. The molecule has 0 N–H and O–H groups in total. The number of halogens is 1. The van der Waals surface area contributed by atoms with Gasteiger partial charge in [0.25, 0.3) is 0 Å². The van der Waals surface area contributed by atoms with Gasteiger partial charge in [-0.15, -0.1) is 0 Å². The molecule has 1 fully saturated rings. The molecule has 3 atom stereocenters. The summed E-state index contributed by atoms with van der Waals surface area (Å²) in [6.07, 6.45) is 0.860. The van der Waals surface area contributed by atoms with E-state index in [0.29, 0.717) is 0 Å². The maximum Gasteiger partial charge on any atom is 0.374 e. The molecule has 0 spiro atoms. The number of ether oxygens (including phenoxy) is 1. The van der Waals surface area contributed by atoms with Gasteiger partial charge in [0.1, 0.15) is 0 Å². The van der Waals surface area contributed by atoms with E-state index < -0.39 is 11.8 Å². The number of rotatable bonds is 4. The lowest BCUT2D eigenvalue weighted by Crippen LogP contribution is -2.42. The molecule has 0 aromatic heterocycles. The first-order chi connectivity index (χ1) is 11.1. The number of ketones is 1. The zero-order valence-corrected chi connectivity index (χ0v) is 14.3. The van der Waals surface area contributed by atoms with Gasteiger partial charge >= 0.3 is 5.97 Å². The van der Waals surface area contributed by atoms with Gasteiger partial charge in [-0.2, -0.15) is 0 Å². The smallest absolute Gasteiger partial charge is 0.374 e. The monoisotopic (exact) mass is 372 g/mol. The summed E-state index contributed by atoms with van der Waals surface area (Å²) in [5.74, 6) is -1.42. The van der Waals surface area contributed by atoms with E-state index in [1.54, 1.807) is 0 Å². The Balaban J connectivity index is 1.91. The van der Waals surface area contributed by atoms with Crippen molar-refractivity contribution in [3.05, 3.63) is 70.2 Å². The molecular formula is C19H17BrO3. The minimum absolute atomic E-state index is 0.0555. The molecule has 1 aliphatic rings. The summed E-state index contributed by atoms with van der Waals surface area (Å²) in [5.41, 5.74) is 2.19. The highest BCUT2D eigenvalue weighted by molar-refractivity contribution is 9.10. The average molecular weight is 373 g/mol. The van der Waals surface area contributed by atoms with Gasteiger partial charge in [0.15, 0.2) is 0 Å². The quantitative estimate of drug-likeness (QED) is 0.599. The van der Waals surface area contributed by atoms with Crippen LogP contribution in [0.1, 0.15) is 29.4 Å². The molecule has 0 unspecified atom stereocenters. The van der Waals surface area contributed by atoms with E-state index in [1.165, 1.54) is 7.11 Å². The summed E-state index contributed by atoms with van der Waals surface area (Å²) < 4.78 is 5.66. The van der Waals surface area contributed by atoms with Crippen molar-refractivity contribution < 1.29 is 14.3 Å². The first-order valence-corrected chi connectivity index (χ1v) is 8.33. The van der Waals surface area contributed by atoms with Crippen molar-refractivity contribution in [3.63, 3.8) is 0 Å². The van der Waals surface area contributed by atoms with E-state index in [4.69, 9.17) is 0 Å². The number of esters is 1. The molecule has 0 amide bonds. The second kappa shape index (κ2) is 6.67. The topological polar surface area (TPSA) is 43.4 Å². The van der Waals surface area contributed by atoms with E-state index >= 15 is 0 Å². The van der Waals surface area contributed by atoms with E-state index in [9.17, 15) is 9.59 Å². The number of carbonyl (C=O) groups is 2. The molecule has 0 aliphatic heterocycles. The Morgan fingerprint density at radius 2 is 1.52 bits per heavy atom. The Bertz CT molecular complexity index is 709. The molecule has 23 heavy (non-hydrogen) atoms. The third-order valence-electron chi connectivity index (χ3n) is 4.59. The van der Waals surface area contributed by atoms with E-state index in [2.05, 4.69) is 20.7 Å². The predicted molar refractivity (Wildman–Crippen MR) is 91.2 cm³/mol. The van der Waals surface area contributed by atoms with Crippen molar-refractivity contribution in [1.29, 1.82) is 0 Å². The maximum absolute atomic E-state index is 12.5. The standard InChI is InChI=1S/C19H17BrO3/c1-23-19(22)18(21)17-15(12-5-3-2-4-6-12)11-16(17)13-7-9-14(20)10-8-13/h2-10,15-17H,11H2,1H3/t15-,16+,17-/m0/s1. The van der Waals surface area contributed by atoms with Gasteiger partial charge < -0.3 is 4.74 Å². The Kier molecular flexibility index (Phi) is 4.62. The van der Waals surface area contributed by atoms with E-state index in [0.717, 1.165) is 22.0 Å². The van der Waals surface area contributed by atoms with Crippen LogP contribution in [-0.4, -0.2) is 18.9 Å². The highest BCUT2D eigenvalue weighted by Gasteiger charge is 2.49. The van der Waals surface area contributed by atoms with Crippen LogP contribution in [0.25, 0.3) is 0 Å². The summed E-state index contributed by atoms with van der Waals surface area (Å²) >= 11 is 3.42.